The standard InChI is InChI=1S/C27H38N4O3/c1-6-8-20(9-7-2)19-33-23-13-10-21(11-14-23)26(32)28-22-12-15-25-24(18-22)29-27(34-25)31(5)17-16-30(3)4/h10-15,18,20H,6-9,16-17,19H2,1-5H3,(H,28,32). The fraction of sp³-hybridized carbons (Fsp3) is 0.481. The number of benzene rings is 2. The second-order valence-corrected chi connectivity index (χ2v) is 9.14. The van der Waals surface area contributed by atoms with Crippen LogP contribution >= 0.6 is 0 Å². The number of amides is 1. The van der Waals surface area contributed by atoms with E-state index in [1.165, 1.54) is 25.7 Å². The lowest BCUT2D eigenvalue weighted by molar-refractivity contribution is 0.102. The molecule has 0 atom stereocenters. The maximum Gasteiger partial charge on any atom is 0.298 e. The van der Waals surface area contributed by atoms with Gasteiger partial charge in [0, 0.05) is 31.4 Å². The van der Waals surface area contributed by atoms with Gasteiger partial charge < -0.3 is 24.3 Å². The second-order valence-electron chi connectivity index (χ2n) is 9.14. The van der Waals surface area contributed by atoms with Crippen molar-refractivity contribution in [1.29, 1.82) is 0 Å². The highest BCUT2D eigenvalue weighted by atomic mass is 16.5. The van der Waals surface area contributed by atoms with Gasteiger partial charge in [-0.05, 0) is 75.3 Å². The monoisotopic (exact) mass is 466 g/mol. The van der Waals surface area contributed by atoms with Gasteiger partial charge in [-0.2, -0.15) is 4.98 Å². The van der Waals surface area contributed by atoms with E-state index >= 15 is 0 Å². The molecule has 7 nitrogen and oxygen atoms in total. The fourth-order valence-corrected chi connectivity index (χ4v) is 3.85. The maximum absolute atomic E-state index is 12.8. The summed E-state index contributed by atoms with van der Waals surface area (Å²) >= 11 is 0. The number of ether oxygens (including phenoxy) is 1. The summed E-state index contributed by atoms with van der Waals surface area (Å²) in [6, 6.07) is 13.4. The molecular formula is C27H38N4O3. The van der Waals surface area contributed by atoms with E-state index in [4.69, 9.17) is 9.15 Å². The van der Waals surface area contributed by atoms with Crippen LogP contribution < -0.4 is 15.0 Å². The van der Waals surface area contributed by atoms with Gasteiger partial charge in [-0.3, -0.25) is 4.79 Å². The van der Waals surface area contributed by atoms with Crippen LogP contribution in [0.2, 0.25) is 0 Å². The molecule has 0 bridgehead atoms. The van der Waals surface area contributed by atoms with Crippen LogP contribution in [0.1, 0.15) is 49.9 Å². The van der Waals surface area contributed by atoms with Crippen molar-refractivity contribution in [3.8, 4) is 5.75 Å². The number of carbonyl (C=O) groups excluding carboxylic acids is 1. The summed E-state index contributed by atoms with van der Waals surface area (Å²) in [5, 5.41) is 2.95. The number of fused-ring (bicyclic) bond motifs is 1. The molecule has 34 heavy (non-hydrogen) atoms. The van der Waals surface area contributed by atoms with Crippen molar-refractivity contribution in [2.45, 2.75) is 39.5 Å². The summed E-state index contributed by atoms with van der Waals surface area (Å²) in [7, 11) is 6.02. The normalized spacial score (nSPS) is 11.4. The van der Waals surface area contributed by atoms with Crippen LogP contribution in [-0.4, -0.2) is 56.6 Å². The molecule has 0 aliphatic carbocycles. The van der Waals surface area contributed by atoms with Gasteiger partial charge in [0.25, 0.3) is 11.9 Å². The smallest absolute Gasteiger partial charge is 0.298 e. The first kappa shape index (κ1) is 25.6. The minimum Gasteiger partial charge on any atom is -0.493 e. The van der Waals surface area contributed by atoms with Crippen molar-refractivity contribution in [3.05, 3.63) is 48.0 Å². The molecule has 0 spiro atoms. The van der Waals surface area contributed by atoms with Gasteiger partial charge in [-0.15, -0.1) is 0 Å². The molecule has 3 rings (SSSR count). The highest BCUT2D eigenvalue weighted by molar-refractivity contribution is 6.05. The first-order valence-electron chi connectivity index (χ1n) is 12.2. The second kappa shape index (κ2) is 12.4. The number of carbonyl (C=O) groups is 1. The predicted molar refractivity (Wildman–Crippen MR) is 139 cm³/mol. The Morgan fingerprint density at radius 1 is 1.03 bits per heavy atom. The molecule has 0 unspecified atom stereocenters. The number of nitrogens with one attached hydrogen (secondary N) is 1. The van der Waals surface area contributed by atoms with Crippen LogP contribution in [0.5, 0.6) is 5.75 Å². The highest BCUT2D eigenvalue weighted by Crippen LogP contribution is 2.25. The lowest BCUT2D eigenvalue weighted by Crippen LogP contribution is -2.28. The van der Waals surface area contributed by atoms with Gasteiger partial charge in [0.1, 0.15) is 11.3 Å². The highest BCUT2D eigenvalue weighted by Gasteiger charge is 2.13. The Labute approximate surface area is 203 Å². The molecule has 0 aliphatic heterocycles. The summed E-state index contributed by atoms with van der Waals surface area (Å²) in [5.41, 5.74) is 2.66. The van der Waals surface area contributed by atoms with Gasteiger partial charge in [0.2, 0.25) is 0 Å². The number of aromatic nitrogens is 1. The molecule has 1 heterocycles. The van der Waals surface area contributed by atoms with Gasteiger partial charge in [-0.1, -0.05) is 26.7 Å². The summed E-state index contributed by atoms with van der Waals surface area (Å²) in [6.07, 6.45) is 4.69. The molecule has 184 valence electrons. The number of nitrogens with zero attached hydrogens (tertiary/aromatic N) is 3. The third kappa shape index (κ3) is 7.22. The van der Waals surface area contributed by atoms with Crippen molar-refractivity contribution in [1.82, 2.24) is 9.88 Å². The number of oxazole rings is 1. The molecular weight excluding hydrogens is 428 g/mol. The van der Waals surface area contributed by atoms with E-state index in [0.29, 0.717) is 34.3 Å². The molecule has 1 N–H and O–H groups in total. The van der Waals surface area contributed by atoms with Crippen molar-refractivity contribution in [3.63, 3.8) is 0 Å². The Morgan fingerprint density at radius 2 is 1.74 bits per heavy atom. The fourth-order valence-electron chi connectivity index (χ4n) is 3.85. The Balaban J connectivity index is 1.59. The Bertz CT molecular complexity index is 1040. The average molecular weight is 467 g/mol. The SMILES string of the molecule is CCCC(CCC)COc1ccc(C(=O)Nc2ccc3oc(N(C)CCN(C)C)nc3c2)cc1. The minimum absolute atomic E-state index is 0.174. The molecule has 0 fully saturated rings. The minimum atomic E-state index is -0.174. The number of hydrogen-bond acceptors (Lipinski definition) is 6. The number of likely N-dealkylation sites (N-methyl/N-ethyl adjacent to an activating group) is 2. The van der Waals surface area contributed by atoms with E-state index in [9.17, 15) is 4.79 Å². The summed E-state index contributed by atoms with van der Waals surface area (Å²) in [6.45, 7) is 6.84. The lowest BCUT2D eigenvalue weighted by atomic mass is 9.99. The van der Waals surface area contributed by atoms with E-state index in [2.05, 4.69) is 29.0 Å². The summed E-state index contributed by atoms with van der Waals surface area (Å²) < 4.78 is 11.8. The van der Waals surface area contributed by atoms with Gasteiger partial charge >= 0.3 is 0 Å². The molecule has 2 aromatic carbocycles. The molecule has 1 aromatic heterocycles. The Morgan fingerprint density at radius 3 is 2.38 bits per heavy atom. The number of anilines is 2. The lowest BCUT2D eigenvalue weighted by Gasteiger charge is -2.17. The Hall–Kier alpha value is -3.06. The maximum atomic E-state index is 12.8. The van der Waals surface area contributed by atoms with E-state index in [-0.39, 0.29) is 5.91 Å². The van der Waals surface area contributed by atoms with Crippen LogP contribution in [0, 0.1) is 5.92 Å². The van der Waals surface area contributed by atoms with E-state index in [0.717, 1.165) is 25.4 Å². The molecule has 7 heteroatoms. The van der Waals surface area contributed by atoms with Crippen molar-refractivity contribution in [2.75, 3.05) is 51.1 Å². The largest absolute Gasteiger partial charge is 0.493 e. The van der Waals surface area contributed by atoms with E-state index in [1.807, 2.05) is 56.4 Å². The predicted octanol–water partition coefficient (Wildman–Crippen LogP) is 5.67. The Kier molecular flexibility index (Phi) is 9.33. The topological polar surface area (TPSA) is 70.8 Å². The van der Waals surface area contributed by atoms with Gasteiger partial charge in [-0.25, -0.2) is 0 Å². The van der Waals surface area contributed by atoms with Crippen LogP contribution in [0.15, 0.2) is 46.9 Å². The van der Waals surface area contributed by atoms with Crippen LogP contribution in [0.4, 0.5) is 11.7 Å². The summed E-state index contributed by atoms with van der Waals surface area (Å²) in [5.74, 6) is 1.20. The number of hydrogen-bond donors (Lipinski definition) is 1. The number of rotatable bonds is 13. The first-order valence-corrected chi connectivity index (χ1v) is 12.2. The first-order chi connectivity index (χ1) is 16.4. The van der Waals surface area contributed by atoms with Crippen LogP contribution in [0.3, 0.4) is 0 Å². The van der Waals surface area contributed by atoms with Crippen LogP contribution in [0.25, 0.3) is 11.1 Å². The quantitative estimate of drug-likeness (QED) is 0.350. The molecule has 0 saturated carbocycles. The summed E-state index contributed by atoms with van der Waals surface area (Å²) in [4.78, 5) is 21.4. The van der Waals surface area contributed by atoms with Crippen molar-refractivity contribution < 1.29 is 13.9 Å². The van der Waals surface area contributed by atoms with Gasteiger partial charge in [0.15, 0.2) is 5.58 Å². The van der Waals surface area contributed by atoms with E-state index in [1.54, 1.807) is 12.1 Å². The third-order valence-corrected chi connectivity index (χ3v) is 5.84. The van der Waals surface area contributed by atoms with Crippen LogP contribution in [-0.2, 0) is 0 Å². The van der Waals surface area contributed by atoms with Crippen molar-refractivity contribution >= 4 is 28.7 Å². The zero-order chi connectivity index (χ0) is 24.5. The molecule has 3 aromatic rings. The molecule has 1 amide bonds. The van der Waals surface area contributed by atoms with Gasteiger partial charge in [0.05, 0.1) is 6.61 Å². The van der Waals surface area contributed by atoms with Crippen molar-refractivity contribution in [2.24, 2.45) is 5.92 Å². The zero-order valence-corrected chi connectivity index (χ0v) is 21.1. The zero-order valence-electron chi connectivity index (χ0n) is 21.1. The third-order valence-electron chi connectivity index (χ3n) is 5.84. The van der Waals surface area contributed by atoms with E-state index < -0.39 is 0 Å². The molecule has 0 aliphatic rings. The molecule has 0 saturated heterocycles. The average Bonchev–Trinajstić information content (AvgIpc) is 3.25. The molecule has 0 radical (unpaired) electrons.